The Morgan fingerprint density at radius 1 is 1.38 bits per heavy atom. The lowest BCUT2D eigenvalue weighted by molar-refractivity contribution is -0.310. The van der Waals surface area contributed by atoms with Crippen LogP contribution in [0.1, 0.15) is 13.3 Å². The van der Waals surface area contributed by atoms with Crippen LogP contribution in [0.3, 0.4) is 0 Å². The van der Waals surface area contributed by atoms with E-state index >= 15 is 0 Å². The molecule has 0 saturated heterocycles. The lowest BCUT2D eigenvalue weighted by Crippen LogP contribution is -2.48. The van der Waals surface area contributed by atoms with Gasteiger partial charge in [0, 0.05) is 0 Å². The van der Waals surface area contributed by atoms with Gasteiger partial charge in [-0.05, 0) is 18.0 Å². The Labute approximate surface area is 76.8 Å². The average molecular weight is 223 g/mol. The number of hydrogen-bond donors (Lipinski definition) is 0. The lowest BCUT2D eigenvalue weighted by atomic mass is 10.3. The Morgan fingerprint density at radius 2 is 1.85 bits per heavy atom. The molecule has 0 aromatic carbocycles. The number of rotatable bonds is 4. The molecule has 2 nitrogen and oxygen atoms in total. The summed E-state index contributed by atoms with van der Waals surface area (Å²) in [6.07, 6.45) is -5.30. The first-order valence-corrected chi connectivity index (χ1v) is 3.73. The van der Waals surface area contributed by atoms with E-state index < -0.39 is 23.9 Å². The zero-order valence-electron chi connectivity index (χ0n) is 6.62. The normalized spacial score (nSPS) is 16.8. The molecule has 0 aliphatic carbocycles. The van der Waals surface area contributed by atoms with Crippen molar-refractivity contribution < 1.29 is 27.1 Å². The first-order chi connectivity index (χ1) is 5.75. The maximum Gasteiger partial charge on any atom is 0.457 e. The first-order valence-electron chi connectivity index (χ1n) is 3.35. The molecule has 0 aliphatic rings. The van der Waals surface area contributed by atoms with Crippen LogP contribution in [0, 0.1) is 0 Å². The molecule has 0 saturated carbocycles. The minimum atomic E-state index is -5.44. The molecule has 0 amide bonds. The highest BCUT2D eigenvalue weighted by Crippen LogP contribution is 2.36. The van der Waals surface area contributed by atoms with Gasteiger partial charge < -0.3 is 4.74 Å². The summed E-state index contributed by atoms with van der Waals surface area (Å²) in [5.74, 6) is -4.38. The molecule has 0 spiro atoms. The van der Waals surface area contributed by atoms with E-state index in [1.807, 2.05) is 0 Å². The number of carbonyl (C=O) groups excluding carboxylic acids is 1. The Bertz CT molecular complexity index is 194. The standard InChI is InChI=1S/C6H7ClF4O2/c1-2-3-13-5(8,4(7)12)6(9,10)11/h2-3H2,1H3. The molecule has 78 valence electrons. The van der Waals surface area contributed by atoms with E-state index in [9.17, 15) is 22.4 Å². The molecule has 7 heteroatoms. The molecule has 0 aromatic heterocycles. The summed E-state index contributed by atoms with van der Waals surface area (Å²) >= 11 is 4.45. The summed E-state index contributed by atoms with van der Waals surface area (Å²) < 4.78 is 52.1. The van der Waals surface area contributed by atoms with Crippen molar-refractivity contribution in [2.75, 3.05) is 6.61 Å². The van der Waals surface area contributed by atoms with Gasteiger partial charge in [0.15, 0.2) is 0 Å². The van der Waals surface area contributed by atoms with Gasteiger partial charge >= 0.3 is 12.0 Å². The molecule has 0 fully saturated rings. The van der Waals surface area contributed by atoms with Gasteiger partial charge in [-0.3, -0.25) is 4.79 Å². The third-order valence-electron chi connectivity index (χ3n) is 1.12. The van der Waals surface area contributed by atoms with E-state index in [1.165, 1.54) is 6.92 Å². The maximum atomic E-state index is 12.8. The number of halogens is 5. The van der Waals surface area contributed by atoms with Crippen LogP contribution in [0.15, 0.2) is 0 Å². The number of hydrogen-bond acceptors (Lipinski definition) is 2. The predicted octanol–water partition coefficient (Wildman–Crippen LogP) is 2.41. The van der Waals surface area contributed by atoms with Gasteiger partial charge in [0.1, 0.15) is 0 Å². The van der Waals surface area contributed by atoms with Crippen molar-refractivity contribution in [3.05, 3.63) is 0 Å². The number of ether oxygens (including phenoxy) is 1. The van der Waals surface area contributed by atoms with Gasteiger partial charge in [-0.1, -0.05) is 6.92 Å². The maximum absolute atomic E-state index is 12.8. The SMILES string of the molecule is CCCOC(F)(C(=O)Cl)C(F)(F)F. The average Bonchev–Trinajstić information content (AvgIpc) is 1.97. The Kier molecular flexibility index (Phi) is 4.12. The lowest BCUT2D eigenvalue weighted by Gasteiger charge is -2.23. The van der Waals surface area contributed by atoms with Crippen LogP contribution in [-0.2, 0) is 9.53 Å². The van der Waals surface area contributed by atoms with Crippen LogP contribution in [0.25, 0.3) is 0 Å². The van der Waals surface area contributed by atoms with Crippen molar-refractivity contribution >= 4 is 16.8 Å². The Balaban J connectivity index is 4.64. The molecular weight excluding hydrogens is 216 g/mol. The van der Waals surface area contributed by atoms with Gasteiger partial charge in [0.05, 0.1) is 6.61 Å². The van der Waals surface area contributed by atoms with Crippen LogP contribution in [0.4, 0.5) is 17.6 Å². The van der Waals surface area contributed by atoms with Gasteiger partial charge in [0.25, 0.3) is 5.24 Å². The molecule has 0 bridgehead atoms. The summed E-state index contributed by atoms with van der Waals surface area (Å²) in [5.41, 5.74) is 0. The third-order valence-corrected chi connectivity index (χ3v) is 1.37. The summed E-state index contributed by atoms with van der Waals surface area (Å²) in [7, 11) is 0. The van der Waals surface area contributed by atoms with Crippen LogP contribution in [-0.4, -0.2) is 23.9 Å². The molecule has 1 unspecified atom stereocenters. The molecule has 0 radical (unpaired) electrons. The fourth-order valence-corrected chi connectivity index (χ4v) is 0.654. The van der Waals surface area contributed by atoms with E-state index in [4.69, 9.17) is 0 Å². The summed E-state index contributed by atoms with van der Waals surface area (Å²) in [6, 6.07) is 0. The van der Waals surface area contributed by atoms with Crippen molar-refractivity contribution in [2.45, 2.75) is 25.4 Å². The third kappa shape index (κ3) is 2.80. The van der Waals surface area contributed by atoms with Crippen molar-refractivity contribution in [2.24, 2.45) is 0 Å². The quantitative estimate of drug-likeness (QED) is 0.539. The minimum absolute atomic E-state index is 0.145. The van der Waals surface area contributed by atoms with Gasteiger partial charge in [0.2, 0.25) is 0 Å². The monoisotopic (exact) mass is 222 g/mol. The van der Waals surface area contributed by atoms with Crippen molar-refractivity contribution in [1.29, 1.82) is 0 Å². The molecule has 1 atom stereocenters. The van der Waals surface area contributed by atoms with E-state index in [1.54, 1.807) is 0 Å². The van der Waals surface area contributed by atoms with Gasteiger partial charge in [-0.25, -0.2) is 0 Å². The molecule has 0 N–H and O–H groups in total. The number of carbonyl (C=O) groups is 1. The van der Waals surface area contributed by atoms with Gasteiger partial charge in [-0.15, -0.1) is 0 Å². The zero-order valence-corrected chi connectivity index (χ0v) is 7.38. The van der Waals surface area contributed by atoms with E-state index in [-0.39, 0.29) is 6.42 Å². The summed E-state index contributed by atoms with van der Waals surface area (Å²) in [5, 5.41) is -2.21. The predicted molar refractivity (Wildman–Crippen MR) is 37.0 cm³/mol. The highest BCUT2D eigenvalue weighted by molar-refractivity contribution is 6.65. The second-order valence-corrected chi connectivity index (χ2v) is 2.56. The van der Waals surface area contributed by atoms with Crippen molar-refractivity contribution in [3.8, 4) is 0 Å². The summed E-state index contributed by atoms with van der Waals surface area (Å²) in [4.78, 5) is 10.2. The highest BCUT2D eigenvalue weighted by atomic mass is 35.5. The second kappa shape index (κ2) is 4.23. The zero-order chi connectivity index (χ0) is 10.7. The van der Waals surface area contributed by atoms with E-state index in [2.05, 4.69) is 16.3 Å². The fraction of sp³-hybridized carbons (Fsp3) is 0.833. The molecule has 0 rings (SSSR count). The van der Waals surface area contributed by atoms with Crippen LogP contribution < -0.4 is 0 Å². The molecule has 0 heterocycles. The van der Waals surface area contributed by atoms with Crippen molar-refractivity contribution in [1.82, 2.24) is 0 Å². The molecule has 0 aliphatic heterocycles. The largest absolute Gasteiger partial charge is 0.457 e. The van der Waals surface area contributed by atoms with Gasteiger partial charge in [-0.2, -0.15) is 17.6 Å². The number of alkyl halides is 4. The summed E-state index contributed by atoms with van der Waals surface area (Å²) in [6.45, 7) is 0.934. The fourth-order valence-electron chi connectivity index (χ4n) is 0.493. The molecule has 13 heavy (non-hydrogen) atoms. The minimum Gasteiger partial charge on any atom is -0.332 e. The van der Waals surface area contributed by atoms with Crippen LogP contribution in [0.2, 0.25) is 0 Å². The van der Waals surface area contributed by atoms with E-state index in [0.29, 0.717) is 0 Å². The topological polar surface area (TPSA) is 26.3 Å². The molecular formula is C6H7ClF4O2. The highest BCUT2D eigenvalue weighted by Gasteiger charge is 2.63. The van der Waals surface area contributed by atoms with E-state index in [0.717, 1.165) is 0 Å². The molecule has 0 aromatic rings. The van der Waals surface area contributed by atoms with Crippen LogP contribution >= 0.6 is 11.6 Å². The second-order valence-electron chi connectivity index (χ2n) is 2.22. The smallest absolute Gasteiger partial charge is 0.332 e. The first kappa shape index (κ1) is 12.6. The Morgan fingerprint density at radius 3 is 2.08 bits per heavy atom. The Hall–Kier alpha value is -0.360. The van der Waals surface area contributed by atoms with Crippen molar-refractivity contribution in [3.63, 3.8) is 0 Å². The van der Waals surface area contributed by atoms with Crippen LogP contribution in [0.5, 0.6) is 0 Å².